The van der Waals surface area contributed by atoms with E-state index in [0.717, 1.165) is 25.7 Å². The van der Waals surface area contributed by atoms with Gasteiger partial charge in [0.2, 0.25) is 0 Å². The Balaban J connectivity index is 1.83. The second kappa shape index (κ2) is 9.91. The van der Waals surface area contributed by atoms with E-state index in [1.54, 1.807) is 0 Å². The number of hydrogen-bond acceptors (Lipinski definition) is 4. The number of benzene rings is 2. The molecule has 0 spiro atoms. The summed E-state index contributed by atoms with van der Waals surface area (Å²) in [6.07, 6.45) is 4.95. The molecule has 1 aliphatic heterocycles. The van der Waals surface area contributed by atoms with Crippen LogP contribution in [0.25, 0.3) is 0 Å². The topological polar surface area (TPSA) is 49.8 Å². The van der Waals surface area contributed by atoms with Crippen LogP contribution in [0.5, 0.6) is 0 Å². The molecule has 2 aliphatic rings. The van der Waals surface area contributed by atoms with Crippen molar-refractivity contribution >= 4 is 7.79 Å². The minimum absolute atomic E-state index is 0.0116. The van der Waals surface area contributed by atoms with Crippen LogP contribution in [0.15, 0.2) is 60.7 Å². The highest BCUT2D eigenvalue weighted by atomic mass is 31.2. The summed E-state index contributed by atoms with van der Waals surface area (Å²) in [6.45, 7) is 8.56. The fraction of sp³-hybridized carbons (Fsp3) is 0.556. The summed E-state index contributed by atoms with van der Waals surface area (Å²) in [6, 6.07) is 21.2. The van der Waals surface area contributed by atoms with E-state index in [0.29, 0.717) is 6.42 Å². The van der Waals surface area contributed by atoms with Crippen LogP contribution in [0, 0.1) is 5.92 Å². The van der Waals surface area contributed by atoms with Gasteiger partial charge < -0.3 is 10.00 Å². The molecule has 0 unspecified atom stereocenters. The zero-order valence-corrected chi connectivity index (χ0v) is 20.9. The third-order valence-electron chi connectivity index (χ3n) is 7.46. The lowest BCUT2D eigenvalue weighted by Crippen LogP contribution is -2.44. The number of aliphatic hydroxyl groups excluding tert-OH is 1. The van der Waals surface area contributed by atoms with E-state index in [4.69, 9.17) is 0 Å². The minimum Gasteiger partial charge on any atom is -0.649 e. The molecule has 0 aromatic heterocycles. The Hall–Kier alpha value is -1.29. The van der Waals surface area contributed by atoms with E-state index in [1.807, 2.05) is 12.1 Å². The molecule has 5 heteroatoms. The van der Waals surface area contributed by atoms with Crippen molar-refractivity contribution in [3.05, 3.63) is 71.8 Å². The first kappa shape index (κ1) is 23.9. The molecular formula is C27H39N2O2P. The van der Waals surface area contributed by atoms with Gasteiger partial charge in [0.25, 0.3) is 0 Å². The Morgan fingerprint density at radius 3 is 1.59 bits per heavy atom. The molecule has 1 N–H and O–H groups in total. The van der Waals surface area contributed by atoms with Crippen molar-refractivity contribution in [3.63, 3.8) is 0 Å². The summed E-state index contributed by atoms with van der Waals surface area (Å²) in [5.74, 6) is -0.577. The first-order valence-corrected chi connectivity index (χ1v) is 14.0. The Morgan fingerprint density at radius 1 is 0.812 bits per heavy atom. The van der Waals surface area contributed by atoms with Crippen molar-refractivity contribution in [3.8, 4) is 0 Å². The monoisotopic (exact) mass is 454 g/mol. The smallest absolute Gasteiger partial charge is 0.192 e. The van der Waals surface area contributed by atoms with Gasteiger partial charge >= 0.3 is 0 Å². The molecule has 2 aromatic carbocycles. The molecular weight excluding hydrogens is 415 g/mol. The van der Waals surface area contributed by atoms with Crippen LogP contribution < -0.4 is 4.89 Å². The predicted molar refractivity (Wildman–Crippen MR) is 132 cm³/mol. The molecule has 0 bridgehead atoms. The quantitative estimate of drug-likeness (QED) is 0.527. The first-order chi connectivity index (χ1) is 15.4. The van der Waals surface area contributed by atoms with Crippen LogP contribution >= 0.6 is 7.79 Å². The molecule has 2 fully saturated rings. The predicted octanol–water partition coefficient (Wildman–Crippen LogP) is 5.93. The molecule has 32 heavy (non-hydrogen) atoms. The third-order valence-corrected chi connectivity index (χ3v) is 11.1. The number of hydrogen-bond donors (Lipinski definition) is 1. The summed E-state index contributed by atoms with van der Waals surface area (Å²) >= 11 is 0. The number of aliphatic hydroxyl groups is 1. The highest BCUT2D eigenvalue weighted by Crippen LogP contribution is 2.74. The molecule has 4 nitrogen and oxygen atoms in total. The van der Waals surface area contributed by atoms with E-state index >= 15 is 4.89 Å². The van der Waals surface area contributed by atoms with E-state index in [1.165, 1.54) is 11.1 Å². The van der Waals surface area contributed by atoms with Crippen LogP contribution in [-0.2, 0) is 0 Å². The molecule has 1 aliphatic carbocycles. The van der Waals surface area contributed by atoms with Gasteiger partial charge in [-0.05, 0) is 43.7 Å². The zero-order chi connectivity index (χ0) is 22.9. The van der Waals surface area contributed by atoms with Crippen LogP contribution in [-0.4, -0.2) is 32.4 Å². The van der Waals surface area contributed by atoms with Gasteiger partial charge in [-0.25, -0.2) is 0 Å². The van der Waals surface area contributed by atoms with Crippen LogP contribution in [0.3, 0.4) is 0 Å². The van der Waals surface area contributed by atoms with Gasteiger partial charge in [-0.15, -0.1) is 0 Å². The van der Waals surface area contributed by atoms with Crippen LogP contribution in [0.1, 0.15) is 83.0 Å². The number of nitrogens with zero attached hydrogens (tertiary/aromatic N) is 2. The van der Waals surface area contributed by atoms with Crippen molar-refractivity contribution in [2.24, 2.45) is 5.92 Å². The lowest BCUT2D eigenvalue weighted by Gasteiger charge is -2.47. The first-order valence-electron chi connectivity index (χ1n) is 12.3. The van der Waals surface area contributed by atoms with Gasteiger partial charge in [-0.1, -0.05) is 87.4 Å². The molecule has 0 amide bonds. The van der Waals surface area contributed by atoms with Gasteiger partial charge in [-0.2, -0.15) is 9.34 Å². The molecule has 1 heterocycles. The summed E-state index contributed by atoms with van der Waals surface area (Å²) in [5.41, 5.74) is 2.34. The molecule has 5 atom stereocenters. The number of fused-ring (bicyclic) bond motifs is 1. The van der Waals surface area contributed by atoms with Crippen molar-refractivity contribution in [1.29, 1.82) is 0 Å². The van der Waals surface area contributed by atoms with E-state index in [2.05, 4.69) is 85.6 Å². The fourth-order valence-corrected chi connectivity index (χ4v) is 10.2. The average molecular weight is 455 g/mol. The Labute approximate surface area is 194 Å². The summed E-state index contributed by atoms with van der Waals surface area (Å²) < 4.78 is 4.53. The normalized spacial score (nSPS) is 26.6. The van der Waals surface area contributed by atoms with Gasteiger partial charge in [-0.3, -0.25) is 0 Å². The van der Waals surface area contributed by atoms with Gasteiger partial charge in [0.1, 0.15) is 7.79 Å². The Morgan fingerprint density at radius 2 is 1.22 bits per heavy atom. The van der Waals surface area contributed by atoms with Crippen molar-refractivity contribution in [2.45, 2.75) is 89.8 Å². The van der Waals surface area contributed by atoms with E-state index < -0.39 is 13.6 Å². The maximum Gasteiger partial charge on any atom is 0.192 e. The third kappa shape index (κ3) is 4.29. The molecule has 1 saturated heterocycles. The maximum absolute atomic E-state index is 15.3. The Kier molecular flexibility index (Phi) is 7.39. The molecule has 2 aromatic rings. The molecule has 4 rings (SSSR count). The van der Waals surface area contributed by atoms with E-state index in [-0.39, 0.29) is 30.1 Å². The number of rotatable bonds is 7. The van der Waals surface area contributed by atoms with Crippen LogP contribution in [0.2, 0.25) is 0 Å². The highest BCUT2D eigenvalue weighted by Gasteiger charge is 2.64. The Bertz CT molecular complexity index is 801. The average Bonchev–Trinajstić information content (AvgIpc) is 3.08. The molecule has 0 radical (unpaired) electrons. The van der Waals surface area contributed by atoms with Crippen molar-refractivity contribution < 1.29 is 10.00 Å². The van der Waals surface area contributed by atoms with Gasteiger partial charge in [0.15, 0.2) is 5.85 Å². The second-order valence-electron chi connectivity index (χ2n) is 10.1. The zero-order valence-electron chi connectivity index (χ0n) is 20.0. The summed E-state index contributed by atoms with van der Waals surface area (Å²) in [5, 5.41) is 11.6. The second-order valence-corrected chi connectivity index (χ2v) is 12.7. The molecule has 1 saturated carbocycles. The van der Waals surface area contributed by atoms with Gasteiger partial charge in [0, 0.05) is 6.42 Å². The van der Waals surface area contributed by atoms with E-state index in [9.17, 15) is 5.11 Å². The summed E-state index contributed by atoms with van der Waals surface area (Å²) in [7, 11) is -3.26. The van der Waals surface area contributed by atoms with Crippen LogP contribution in [0.4, 0.5) is 0 Å². The maximum atomic E-state index is 15.3. The lowest BCUT2D eigenvalue weighted by molar-refractivity contribution is -0.204. The fourth-order valence-electron chi connectivity index (χ4n) is 5.96. The molecule has 174 valence electrons. The minimum atomic E-state index is -3.26. The van der Waals surface area contributed by atoms with Gasteiger partial charge in [0.05, 0.1) is 24.2 Å². The summed E-state index contributed by atoms with van der Waals surface area (Å²) in [4.78, 5) is 15.3. The standard InChI is InChI=1S/C27H39N2O2P/c1-20(2)19-27(30)32(31)28(21(3)23-13-7-5-8-14-23)25-17-11-12-18-26(25)29(32)22(4)24-15-9-6-10-16-24/h5-10,13-16,20-22,25-27,30H,11-12,17-19H2,1-4H3/t21-,22-,25-,26-,27-/m0/s1. The SMILES string of the molecule is CC(C)C[C@@H](O)[P+]1([O-])N([C@@H](C)c2ccccc2)[C@H]2CCCC[C@@H]2N1[C@@H](C)c1ccccc1. The highest BCUT2D eigenvalue weighted by molar-refractivity contribution is 7.65. The lowest BCUT2D eigenvalue weighted by atomic mass is 9.88. The van der Waals surface area contributed by atoms with Crippen molar-refractivity contribution in [2.75, 3.05) is 0 Å². The van der Waals surface area contributed by atoms with Crippen molar-refractivity contribution in [1.82, 2.24) is 9.34 Å². The largest absolute Gasteiger partial charge is 0.649 e.